The van der Waals surface area contributed by atoms with Gasteiger partial charge in [-0.3, -0.25) is 19.7 Å². The molecule has 1 aromatic rings. The van der Waals surface area contributed by atoms with E-state index < -0.39 is 16.8 Å². The minimum absolute atomic E-state index is 0.00913. The highest BCUT2D eigenvalue weighted by Gasteiger charge is 2.31. The molecule has 1 aromatic carbocycles. The van der Waals surface area contributed by atoms with Crippen LogP contribution in [0.4, 0.5) is 5.69 Å². The van der Waals surface area contributed by atoms with Crippen molar-refractivity contribution in [2.45, 2.75) is 19.8 Å². The molecule has 1 amide bonds. The van der Waals surface area contributed by atoms with Crippen molar-refractivity contribution in [2.75, 3.05) is 13.1 Å². The van der Waals surface area contributed by atoms with Crippen LogP contribution in [0.3, 0.4) is 0 Å². The number of carbonyl (C=O) groups is 2. The predicted molar refractivity (Wildman–Crippen MR) is 73.9 cm³/mol. The lowest BCUT2D eigenvalue weighted by atomic mass is 10.0. The molecule has 1 saturated heterocycles. The van der Waals surface area contributed by atoms with Gasteiger partial charge in [0.1, 0.15) is 0 Å². The first-order valence-corrected chi connectivity index (χ1v) is 6.63. The van der Waals surface area contributed by atoms with Crippen LogP contribution in [0, 0.1) is 23.0 Å². The van der Waals surface area contributed by atoms with Crippen molar-refractivity contribution < 1.29 is 19.6 Å². The quantitative estimate of drug-likeness (QED) is 0.667. The number of hydrogen-bond acceptors (Lipinski definition) is 4. The first-order valence-electron chi connectivity index (χ1n) is 6.63. The molecule has 0 saturated carbocycles. The highest BCUT2D eigenvalue weighted by Crippen LogP contribution is 2.23. The monoisotopic (exact) mass is 292 g/mol. The molecule has 21 heavy (non-hydrogen) atoms. The second-order valence-corrected chi connectivity index (χ2v) is 5.16. The Kier molecular flexibility index (Phi) is 4.21. The summed E-state index contributed by atoms with van der Waals surface area (Å²) < 4.78 is 0. The molecule has 1 fully saturated rings. The second kappa shape index (κ2) is 5.90. The third-order valence-electron chi connectivity index (χ3n) is 3.85. The van der Waals surface area contributed by atoms with Crippen LogP contribution in [0.1, 0.15) is 17.5 Å². The molecule has 7 nitrogen and oxygen atoms in total. The number of rotatable bonds is 4. The lowest BCUT2D eigenvalue weighted by Crippen LogP contribution is -2.31. The number of nitro benzene ring substituents is 1. The van der Waals surface area contributed by atoms with E-state index >= 15 is 0 Å². The van der Waals surface area contributed by atoms with E-state index in [1.54, 1.807) is 19.1 Å². The standard InChI is InChI=1S/C14H16N2O5/c1-9-10(3-2-4-12(9)16(20)21)7-13(17)15-6-5-11(8-15)14(18)19/h2-4,11H,5-8H2,1H3,(H,18,19). The first-order chi connectivity index (χ1) is 9.90. The van der Waals surface area contributed by atoms with E-state index in [0.717, 1.165) is 0 Å². The number of nitro groups is 1. The average Bonchev–Trinajstić information content (AvgIpc) is 2.90. The molecule has 0 radical (unpaired) electrons. The molecule has 0 aliphatic carbocycles. The summed E-state index contributed by atoms with van der Waals surface area (Å²) in [6.45, 7) is 2.25. The van der Waals surface area contributed by atoms with E-state index in [-0.39, 0.29) is 24.6 Å². The normalized spacial score (nSPS) is 17.8. The number of likely N-dealkylation sites (tertiary alicyclic amines) is 1. The van der Waals surface area contributed by atoms with Crippen LogP contribution in [0.25, 0.3) is 0 Å². The number of benzene rings is 1. The number of amides is 1. The topological polar surface area (TPSA) is 101 Å². The van der Waals surface area contributed by atoms with E-state index in [2.05, 4.69) is 0 Å². The van der Waals surface area contributed by atoms with Gasteiger partial charge in [-0.05, 0) is 18.9 Å². The Hall–Kier alpha value is -2.44. The van der Waals surface area contributed by atoms with Gasteiger partial charge in [-0.15, -0.1) is 0 Å². The van der Waals surface area contributed by atoms with Crippen molar-refractivity contribution in [3.63, 3.8) is 0 Å². The molecule has 7 heteroatoms. The fourth-order valence-electron chi connectivity index (χ4n) is 2.52. The fraction of sp³-hybridized carbons (Fsp3) is 0.429. The number of carboxylic acid groups (broad SMARTS) is 1. The maximum Gasteiger partial charge on any atom is 0.308 e. The second-order valence-electron chi connectivity index (χ2n) is 5.16. The van der Waals surface area contributed by atoms with Gasteiger partial charge in [0.25, 0.3) is 5.69 Å². The van der Waals surface area contributed by atoms with Crippen LogP contribution in [0.15, 0.2) is 18.2 Å². The highest BCUT2D eigenvalue weighted by molar-refractivity contribution is 5.81. The number of nitrogens with zero attached hydrogens (tertiary/aromatic N) is 2. The Labute approximate surface area is 121 Å². The molecule has 112 valence electrons. The van der Waals surface area contributed by atoms with Gasteiger partial charge < -0.3 is 10.0 Å². The summed E-state index contributed by atoms with van der Waals surface area (Å²) in [6.07, 6.45) is 0.509. The largest absolute Gasteiger partial charge is 0.481 e. The lowest BCUT2D eigenvalue weighted by Gasteiger charge is -2.16. The van der Waals surface area contributed by atoms with Crippen LogP contribution in [-0.4, -0.2) is 39.9 Å². The van der Waals surface area contributed by atoms with Crippen molar-refractivity contribution in [1.29, 1.82) is 0 Å². The van der Waals surface area contributed by atoms with E-state index in [1.165, 1.54) is 11.0 Å². The van der Waals surface area contributed by atoms with Crippen LogP contribution >= 0.6 is 0 Å². The molecular formula is C14H16N2O5. The Morgan fingerprint density at radius 3 is 2.76 bits per heavy atom. The minimum atomic E-state index is -0.892. The number of carbonyl (C=O) groups excluding carboxylic acids is 1. The van der Waals surface area contributed by atoms with Crippen LogP contribution in [0.5, 0.6) is 0 Å². The molecule has 1 heterocycles. The molecule has 1 atom stereocenters. The number of hydrogen-bond donors (Lipinski definition) is 1. The average molecular weight is 292 g/mol. The molecule has 1 aliphatic rings. The summed E-state index contributed by atoms with van der Waals surface area (Å²) in [5.74, 6) is -1.60. The summed E-state index contributed by atoms with van der Waals surface area (Å²) in [6, 6.07) is 4.64. The summed E-state index contributed by atoms with van der Waals surface area (Å²) in [5, 5.41) is 19.8. The Bertz CT molecular complexity index is 599. The molecule has 0 bridgehead atoms. The van der Waals surface area contributed by atoms with Gasteiger partial charge >= 0.3 is 5.97 Å². The third-order valence-corrected chi connectivity index (χ3v) is 3.85. The minimum Gasteiger partial charge on any atom is -0.481 e. The molecule has 0 spiro atoms. The number of carboxylic acids is 1. The van der Waals surface area contributed by atoms with Crippen molar-refractivity contribution in [3.8, 4) is 0 Å². The summed E-state index contributed by atoms with van der Waals surface area (Å²) >= 11 is 0. The Balaban J connectivity index is 2.09. The van der Waals surface area contributed by atoms with Gasteiger partial charge in [-0.25, -0.2) is 0 Å². The molecule has 0 aromatic heterocycles. The fourth-order valence-corrected chi connectivity index (χ4v) is 2.52. The van der Waals surface area contributed by atoms with Crippen LogP contribution in [0.2, 0.25) is 0 Å². The van der Waals surface area contributed by atoms with Gasteiger partial charge in [-0.1, -0.05) is 12.1 Å². The van der Waals surface area contributed by atoms with Crippen LogP contribution in [-0.2, 0) is 16.0 Å². The van der Waals surface area contributed by atoms with E-state index in [0.29, 0.717) is 24.1 Å². The Morgan fingerprint density at radius 2 is 2.19 bits per heavy atom. The van der Waals surface area contributed by atoms with Gasteiger partial charge in [0, 0.05) is 24.7 Å². The Morgan fingerprint density at radius 1 is 1.48 bits per heavy atom. The zero-order valence-corrected chi connectivity index (χ0v) is 11.6. The molecule has 1 aliphatic heterocycles. The van der Waals surface area contributed by atoms with Crippen molar-refractivity contribution >= 4 is 17.6 Å². The van der Waals surface area contributed by atoms with E-state index in [9.17, 15) is 19.7 Å². The summed E-state index contributed by atoms with van der Waals surface area (Å²) in [4.78, 5) is 35.0. The van der Waals surface area contributed by atoms with Gasteiger partial charge in [0.2, 0.25) is 5.91 Å². The summed E-state index contributed by atoms with van der Waals surface area (Å²) in [5.41, 5.74) is 1.07. The lowest BCUT2D eigenvalue weighted by molar-refractivity contribution is -0.385. The molecule has 1 unspecified atom stereocenters. The number of aliphatic carboxylic acids is 1. The van der Waals surface area contributed by atoms with Crippen molar-refractivity contribution in [1.82, 2.24) is 4.90 Å². The van der Waals surface area contributed by atoms with E-state index in [1.807, 2.05) is 0 Å². The van der Waals surface area contributed by atoms with E-state index in [4.69, 9.17) is 5.11 Å². The highest BCUT2D eigenvalue weighted by atomic mass is 16.6. The van der Waals surface area contributed by atoms with Crippen molar-refractivity contribution in [3.05, 3.63) is 39.4 Å². The summed E-state index contributed by atoms with van der Waals surface area (Å²) in [7, 11) is 0. The molecule has 2 rings (SSSR count). The molecular weight excluding hydrogens is 276 g/mol. The zero-order valence-electron chi connectivity index (χ0n) is 11.6. The van der Waals surface area contributed by atoms with Gasteiger partial charge in [-0.2, -0.15) is 0 Å². The molecule has 1 N–H and O–H groups in total. The predicted octanol–water partition coefficient (Wildman–Crippen LogP) is 1.38. The van der Waals surface area contributed by atoms with Crippen LogP contribution < -0.4 is 0 Å². The van der Waals surface area contributed by atoms with Gasteiger partial charge in [0.15, 0.2) is 0 Å². The first kappa shape index (κ1) is 15.0. The third kappa shape index (κ3) is 3.18. The van der Waals surface area contributed by atoms with Crippen molar-refractivity contribution in [2.24, 2.45) is 5.92 Å². The zero-order chi connectivity index (χ0) is 15.6. The van der Waals surface area contributed by atoms with Gasteiger partial charge in [0.05, 0.1) is 17.3 Å². The maximum absolute atomic E-state index is 12.2. The maximum atomic E-state index is 12.2. The SMILES string of the molecule is Cc1c(CC(=O)N2CCC(C(=O)O)C2)cccc1[N+](=O)[O-]. The smallest absolute Gasteiger partial charge is 0.308 e.